The smallest absolute Gasteiger partial charge is 0.162 e. The molecule has 4 heteroatoms. The van der Waals surface area contributed by atoms with Crippen molar-refractivity contribution in [3.63, 3.8) is 0 Å². The molecule has 0 aliphatic carbocycles. The standard InChI is InChI=1S/C15H21FO3/c1-12(2)19-11-10-18-9-3-4-15(17)13-5-7-14(16)8-6-13/h5-8,12H,3-4,9-11H2,1-2H3. The van der Waals surface area contributed by atoms with Gasteiger partial charge in [0.25, 0.3) is 0 Å². The van der Waals surface area contributed by atoms with Crippen LogP contribution < -0.4 is 0 Å². The van der Waals surface area contributed by atoms with Crippen LogP contribution in [0, 0.1) is 5.82 Å². The van der Waals surface area contributed by atoms with Crippen LogP contribution in [0.15, 0.2) is 24.3 Å². The molecule has 0 fully saturated rings. The van der Waals surface area contributed by atoms with Crippen molar-refractivity contribution in [3.8, 4) is 0 Å². The summed E-state index contributed by atoms with van der Waals surface area (Å²) in [6, 6.07) is 5.62. The summed E-state index contributed by atoms with van der Waals surface area (Å²) >= 11 is 0. The van der Waals surface area contributed by atoms with E-state index in [9.17, 15) is 9.18 Å². The first-order chi connectivity index (χ1) is 9.09. The van der Waals surface area contributed by atoms with Crippen LogP contribution in [-0.4, -0.2) is 31.7 Å². The predicted octanol–water partition coefficient (Wildman–Crippen LogP) is 3.23. The number of halogens is 1. The van der Waals surface area contributed by atoms with Crippen molar-refractivity contribution < 1.29 is 18.7 Å². The van der Waals surface area contributed by atoms with Crippen LogP contribution in [0.2, 0.25) is 0 Å². The minimum absolute atomic E-state index is 0.0158. The molecule has 0 bridgehead atoms. The topological polar surface area (TPSA) is 35.5 Å². The van der Waals surface area contributed by atoms with Gasteiger partial charge in [-0.25, -0.2) is 4.39 Å². The van der Waals surface area contributed by atoms with E-state index in [4.69, 9.17) is 9.47 Å². The van der Waals surface area contributed by atoms with Crippen molar-refractivity contribution in [1.82, 2.24) is 0 Å². The molecule has 0 atom stereocenters. The largest absolute Gasteiger partial charge is 0.379 e. The highest BCUT2D eigenvalue weighted by Gasteiger charge is 2.05. The van der Waals surface area contributed by atoms with Gasteiger partial charge in [0, 0.05) is 18.6 Å². The molecule has 0 radical (unpaired) electrons. The molecule has 0 heterocycles. The Morgan fingerprint density at radius 1 is 1.16 bits per heavy atom. The Labute approximate surface area is 113 Å². The summed E-state index contributed by atoms with van der Waals surface area (Å²) in [5.41, 5.74) is 0.546. The molecule has 1 aromatic carbocycles. The molecule has 0 unspecified atom stereocenters. The zero-order valence-electron chi connectivity index (χ0n) is 11.5. The summed E-state index contributed by atoms with van der Waals surface area (Å²) in [5.74, 6) is -0.313. The third kappa shape index (κ3) is 7.03. The molecule has 0 saturated heterocycles. The number of hydrogen-bond donors (Lipinski definition) is 0. The van der Waals surface area contributed by atoms with Crippen molar-refractivity contribution in [2.75, 3.05) is 19.8 Å². The SMILES string of the molecule is CC(C)OCCOCCCC(=O)c1ccc(F)cc1. The number of ether oxygens (including phenoxy) is 2. The van der Waals surface area contributed by atoms with Gasteiger partial charge in [-0.2, -0.15) is 0 Å². The first kappa shape index (κ1) is 15.8. The van der Waals surface area contributed by atoms with Gasteiger partial charge in [-0.15, -0.1) is 0 Å². The van der Waals surface area contributed by atoms with Crippen LogP contribution in [0.4, 0.5) is 4.39 Å². The molecule has 0 saturated carbocycles. The molecule has 0 N–H and O–H groups in total. The summed E-state index contributed by atoms with van der Waals surface area (Å²) in [5, 5.41) is 0. The van der Waals surface area contributed by atoms with Gasteiger partial charge in [-0.3, -0.25) is 4.79 Å². The van der Waals surface area contributed by atoms with Crippen LogP contribution >= 0.6 is 0 Å². The highest BCUT2D eigenvalue weighted by atomic mass is 19.1. The molecular weight excluding hydrogens is 247 g/mol. The maximum absolute atomic E-state index is 12.7. The third-order valence-electron chi connectivity index (χ3n) is 2.54. The molecule has 0 spiro atoms. The fourth-order valence-corrected chi connectivity index (χ4v) is 1.56. The summed E-state index contributed by atoms with van der Waals surface area (Å²) in [6.45, 7) is 5.60. The number of rotatable bonds is 9. The second-order valence-corrected chi connectivity index (χ2v) is 4.57. The van der Waals surface area contributed by atoms with E-state index in [-0.39, 0.29) is 17.7 Å². The Morgan fingerprint density at radius 3 is 2.47 bits per heavy atom. The van der Waals surface area contributed by atoms with Crippen LogP contribution in [0.5, 0.6) is 0 Å². The van der Waals surface area contributed by atoms with Crippen LogP contribution in [0.3, 0.4) is 0 Å². The molecule has 0 aliphatic rings. The molecule has 106 valence electrons. The number of carbonyl (C=O) groups excluding carboxylic acids is 1. The monoisotopic (exact) mass is 268 g/mol. The Morgan fingerprint density at radius 2 is 1.84 bits per heavy atom. The molecule has 19 heavy (non-hydrogen) atoms. The van der Waals surface area contributed by atoms with Crippen LogP contribution in [0.1, 0.15) is 37.0 Å². The maximum Gasteiger partial charge on any atom is 0.162 e. The van der Waals surface area contributed by atoms with E-state index >= 15 is 0 Å². The molecule has 0 aromatic heterocycles. The molecule has 1 rings (SSSR count). The summed E-state index contributed by atoms with van der Waals surface area (Å²) in [6.07, 6.45) is 1.29. The van der Waals surface area contributed by atoms with Gasteiger partial charge >= 0.3 is 0 Å². The van der Waals surface area contributed by atoms with Crippen molar-refractivity contribution in [3.05, 3.63) is 35.6 Å². The van der Waals surface area contributed by atoms with E-state index in [1.165, 1.54) is 24.3 Å². The zero-order valence-corrected chi connectivity index (χ0v) is 11.5. The van der Waals surface area contributed by atoms with Gasteiger partial charge in [0.15, 0.2) is 5.78 Å². The lowest BCUT2D eigenvalue weighted by Gasteiger charge is -2.07. The third-order valence-corrected chi connectivity index (χ3v) is 2.54. The molecule has 0 aliphatic heterocycles. The van der Waals surface area contributed by atoms with Gasteiger partial charge in [0.05, 0.1) is 19.3 Å². The van der Waals surface area contributed by atoms with Crippen molar-refractivity contribution >= 4 is 5.78 Å². The van der Waals surface area contributed by atoms with E-state index in [0.29, 0.717) is 38.2 Å². The maximum atomic E-state index is 12.7. The Bertz CT molecular complexity index is 373. The normalized spacial score (nSPS) is 10.9. The lowest BCUT2D eigenvalue weighted by atomic mass is 10.1. The van der Waals surface area contributed by atoms with Gasteiger partial charge in [0.1, 0.15) is 5.82 Å². The van der Waals surface area contributed by atoms with Crippen molar-refractivity contribution in [2.24, 2.45) is 0 Å². The fraction of sp³-hybridized carbons (Fsp3) is 0.533. The summed E-state index contributed by atoms with van der Waals surface area (Å²) < 4.78 is 23.4. The quantitative estimate of drug-likeness (QED) is 0.509. The molecular formula is C15H21FO3. The van der Waals surface area contributed by atoms with Gasteiger partial charge in [-0.1, -0.05) is 0 Å². The van der Waals surface area contributed by atoms with Crippen molar-refractivity contribution in [2.45, 2.75) is 32.8 Å². The average molecular weight is 268 g/mol. The second-order valence-electron chi connectivity index (χ2n) is 4.57. The Kier molecular flexibility index (Phi) is 7.30. The number of Topliss-reactive ketones (excluding diaryl/α,β-unsaturated/α-hetero) is 1. The summed E-state index contributed by atoms with van der Waals surface area (Å²) in [4.78, 5) is 11.7. The Hall–Kier alpha value is -1.26. The minimum Gasteiger partial charge on any atom is -0.379 e. The average Bonchev–Trinajstić information content (AvgIpc) is 2.38. The van der Waals surface area contributed by atoms with E-state index in [1.807, 2.05) is 13.8 Å². The Balaban J connectivity index is 2.09. The molecule has 1 aromatic rings. The first-order valence-corrected chi connectivity index (χ1v) is 6.57. The predicted molar refractivity (Wildman–Crippen MR) is 71.9 cm³/mol. The first-order valence-electron chi connectivity index (χ1n) is 6.57. The van der Waals surface area contributed by atoms with Gasteiger partial charge in [0.2, 0.25) is 0 Å². The number of benzene rings is 1. The lowest BCUT2D eigenvalue weighted by molar-refractivity contribution is 0.0188. The fourth-order valence-electron chi connectivity index (χ4n) is 1.56. The molecule has 0 amide bonds. The van der Waals surface area contributed by atoms with Gasteiger partial charge < -0.3 is 9.47 Å². The van der Waals surface area contributed by atoms with E-state index < -0.39 is 0 Å². The van der Waals surface area contributed by atoms with E-state index in [2.05, 4.69) is 0 Å². The van der Waals surface area contributed by atoms with Crippen LogP contribution in [-0.2, 0) is 9.47 Å². The summed E-state index contributed by atoms with van der Waals surface area (Å²) in [7, 11) is 0. The van der Waals surface area contributed by atoms with Crippen LogP contribution in [0.25, 0.3) is 0 Å². The number of hydrogen-bond acceptors (Lipinski definition) is 3. The number of carbonyl (C=O) groups is 1. The van der Waals surface area contributed by atoms with E-state index in [1.54, 1.807) is 0 Å². The highest BCUT2D eigenvalue weighted by Crippen LogP contribution is 2.07. The van der Waals surface area contributed by atoms with E-state index in [0.717, 1.165) is 0 Å². The molecule has 3 nitrogen and oxygen atoms in total. The second kappa shape index (κ2) is 8.77. The van der Waals surface area contributed by atoms with Crippen molar-refractivity contribution in [1.29, 1.82) is 0 Å². The highest BCUT2D eigenvalue weighted by molar-refractivity contribution is 5.95. The number of ketones is 1. The lowest BCUT2D eigenvalue weighted by Crippen LogP contribution is -2.10. The minimum atomic E-state index is -0.329. The van der Waals surface area contributed by atoms with Gasteiger partial charge in [-0.05, 0) is 44.5 Å². The zero-order chi connectivity index (χ0) is 14.1.